The van der Waals surface area contributed by atoms with Gasteiger partial charge >= 0.3 is 5.97 Å². The summed E-state index contributed by atoms with van der Waals surface area (Å²) in [5.74, 6) is -0.387. The summed E-state index contributed by atoms with van der Waals surface area (Å²) in [7, 11) is 1.35. The van der Waals surface area contributed by atoms with Gasteiger partial charge in [-0.25, -0.2) is 0 Å². The average Bonchev–Trinajstić information content (AvgIpc) is 2.79. The van der Waals surface area contributed by atoms with Crippen LogP contribution in [0.2, 0.25) is 0 Å². The number of carbonyl (C=O) groups excluding carboxylic acids is 1. The molecule has 0 aromatic rings. The standard InChI is InChI=1S/C27H56NO7P/c1-6-8-9-10-11-12-13-14-15-16-17-18-19-22-32-24-26(35-27(29)20-7-2)25-34-36(30,31)33-23-21-28(3,4)5/h26H,6-25H2,1-5H3. The van der Waals surface area contributed by atoms with Crippen molar-refractivity contribution in [1.82, 2.24) is 0 Å². The van der Waals surface area contributed by atoms with Crippen molar-refractivity contribution in [3.05, 3.63) is 0 Å². The number of nitrogens with zero attached hydrogens (tertiary/aromatic N) is 1. The largest absolute Gasteiger partial charge is 0.756 e. The fraction of sp³-hybridized carbons (Fsp3) is 0.963. The first-order valence-corrected chi connectivity index (χ1v) is 15.7. The fourth-order valence-corrected chi connectivity index (χ4v) is 4.37. The zero-order valence-corrected chi connectivity index (χ0v) is 24.9. The quantitative estimate of drug-likeness (QED) is 0.0577. The summed E-state index contributed by atoms with van der Waals surface area (Å²) < 4.78 is 33.5. The Labute approximate surface area is 221 Å². The minimum atomic E-state index is -4.47. The molecule has 0 aliphatic heterocycles. The average molecular weight is 538 g/mol. The van der Waals surface area contributed by atoms with E-state index in [1.54, 1.807) is 0 Å². The molecule has 0 bridgehead atoms. The van der Waals surface area contributed by atoms with Gasteiger partial charge in [0.15, 0.2) is 0 Å². The third-order valence-electron chi connectivity index (χ3n) is 5.88. The summed E-state index contributed by atoms with van der Waals surface area (Å²) in [6.45, 7) is 5.03. The summed E-state index contributed by atoms with van der Waals surface area (Å²) in [5, 5.41) is 0. The van der Waals surface area contributed by atoms with E-state index in [1.807, 2.05) is 28.1 Å². The molecule has 0 aliphatic carbocycles. The highest BCUT2D eigenvalue weighted by Gasteiger charge is 2.20. The van der Waals surface area contributed by atoms with Gasteiger partial charge in [0.1, 0.15) is 19.3 Å². The second-order valence-corrected chi connectivity index (χ2v) is 12.2. The zero-order valence-electron chi connectivity index (χ0n) is 24.0. The molecule has 0 aliphatic rings. The molecule has 216 valence electrons. The van der Waals surface area contributed by atoms with Gasteiger partial charge in [-0.05, 0) is 12.8 Å². The van der Waals surface area contributed by atoms with Crippen LogP contribution in [0.5, 0.6) is 0 Å². The molecule has 8 nitrogen and oxygen atoms in total. The van der Waals surface area contributed by atoms with Crippen LogP contribution in [-0.2, 0) is 27.9 Å². The van der Waals surface area contributed by atoms with E-state index in [2.05, 4.69) is 6.92 Å². The highest BCUT2D eigenvalue weighted by atomic mass is 31.2. The third-order valence-corrected chi connectivity index (χ3v) is 6.84. The van der Waals surface area contributed by atoms with Crippen LogP contribution in [0.3, 0.4) is 0 Å². The first-order chi connectivity index (χ1) is 17.1. The molecule has 2 atom stereocenters. The van der Waals surface area contributed by atoms with Gasteiger partial charge in [-0.1, -0.05) is 90.9 Å². The Bertz CT molecular complexity index is 569. The Morgan fingerprint density at radius 3 is 1.78 bits per heavy atom. The molecule has 0 saturated carbocycles. The molecule has 0 saturated heterocycles. The van der Waals surface area contributed by atoms with E-state index in [0.29, 0.717) is 24.1 Å². The number of phosphoric ester groups is 1. The maximum absolute atomic E-state index is 12.0. The molecule has 0 fully saturated rings. The predicted octanol–water partition coefficient (Wildman–Crippen LogP) is 6.01. The van der Waals surface area contributed by atoms with Crippen LogP contribution in [0.25, 0.3) is 0 Å². The molecule has 0 aromatic heterocycles. The van der Waals surface area contributed by atoms with Crippen molar-refractivity contribution in [2.75, 3.05) is 54.1 Å². The minimum Gasteiger partial charge on any atom is -0.756 e. The van der Waals surface area contributed by atoms with Gasteiger partial charge in [-0.15, -0.1) is 0 Å². The second-order valence-electron chi connectivity index (χ2n) is 10.8. The van der Waals surface area contributed by atoms with Crippen LogP contribution < -0.4 is 4.89 Å². The van der Waals surface area contributed by atoms with Crippen molar-refractivity contribution in [1.29, 1.82) is 0 Å². The number of hydrogen-bond donors (Lipinski definition) is 0. The third kappa shape index (κ3) is 25.2. The summed E-state index contributed by atoms with van der Waals surface area (Å²) in [6, 6.07) is 0. The molecule has 2 unspecified atom stereocenters. The highest BCUT2D eigenvalue weighted by molar-refractivity contribution is 7.45. The van der Waals surface area contributed by atoms with Crippen LogP contribution in [0, 0.1) is 0 Å². The molecule has 0 spiro atoms. The van der Waals surface area contributed by atoms with Crippen molar-refractivity contribution in [2.45, 2.75) is 116 Å². The number of phosphoric acid groups is 1. The Morgan fingerprint density at radius 1 is 0.750 bits per heavy atom. The lowest BCUT2D eigenvalue weighted by molar-refractivity contribution is -0.870. The van der Waals surface area contributed by atoms with Crippen LogP contribution in [-0.4, -0.2) is 70.7 Å². The van der Waals surface area contributed by atoms with E-state index < -0.39 is 13.9 Å². The van der Waals surface area contributed by atoms with E-state index >= 15 is 0 Å². The van der Waals surface area contributed by atoms with Gasteiger partial charge in [0, 0.05) is 13.0 Å². The number of rotatable bonds is 26. The van der Waals surface area contributed by atoms with E-state index in [1.165, 1.54) is 70.6 Å². The Morgan fingerprint density at radius 2 is 1.28 bits per heavy atom. The normalized spacial score (nSPS) is 14.5. The molecular formula is C27H56NO7P. The van der Waals surface area contributed by atoms with E-state index in [4.69, 9.17) is 18.5 Å². The van der Waals surface area contributed by atoms with E-state index in [0.717, 1.165) is 12.8 Å². The van der Waals surface area contributed by atoms with Gasteiger partial charge < -0.3 is 27.9 Å². The summed E-state index contributed by atoms with van der Waals surface area (Å²) in [4.78, 5) is 23.9. The van der Waals surface area contributed by atoms with Crippen LogP contribution in [0.1, 0.15) is 110 Å². The lowest BCUT2D eigenvalue weighted by atomic mass is 10.0. The fourth-order valence-electron chi connectivity index (χ4n) is 3.64. The van der Waals surface area contributed by atoms with Gasteiger partial charge in [-0.2, -0.15) is 0 Å². The molecule has 0 radical (unpaired) electrons. The molecule has 9 heteroatoms. The summed E-state index contributed by atoms with van der Waals surface area (Å²) in [6.07, 6.45) is 16.8. The lowest BCUT2D eigenvalue weighted by Gasteiger charge is -2.28. The van der Waals surface area contributed by atoms with Gasteiger partial charge in [0.25, 0.3) is 7.82 Å². The zero-order chi connectivity index (χ0) is 27.1. The minimum absolute atomic E-state index is 0.0279. The molecule has 0 aromatic carbocycles. The molecular weight excluding hydrogens is 481 g/mol. The number of unbranched alkanes of at least 4 members (excludes halogenated alkanes) is 12. The molecule has 0 heterocycles. The number of quaternary nitrogens is 1. The molecule has 0 amide bonds. The number of ether oxygens (including phenoxy) is 2. The van der Waals surface area contributed by atoms with Crippen molar-refractivity contribution >= 4 is 13.8 Å². The summed E-state index contributed by atoms with van der Waals surface area (Å²) >= 11 is 0. The van der Waals surface area contributed by atoms with Crippen molar-refractivity contribution in [2.24, 2.45) is 0 Å². The lowest BCUT2D eigenvalue weighted by Crippen LogP contribution is -2.37. The SMILES string of the molecule is CCCCCCCCCCCCCCCOCC(COP(=O)([O-])OCC[N+](C)(C)C)OC(=O)CCC. The van der Waals surface area contributed by atoms with E-state index in [-0.39, 0.29) is 32.2 Å². The van der Waals surface area contributed by atoms with Crippen molar-refractivity contribution in [3.8, 4) is 0 Å². The molecule has 36 heavy (non-hydrogen) atoms. The number of esters is 1. The Hall–Kier alpha value is -0.500. The smallest absolute Gasteiger partial charge is 0.306 e. The Balaban J connectivity index is 4.00. The topological polar surface area (TPSA) is 94.1 Å². The number of likely N-dealkylation sites (N-methyl/N-ethyl adjacent to an activating group) is 1. The van der Waals surface area contributed by atoms with Crippen LogP contribution in [0.15, 0.2) is 0 Å². The van der Waals surface area contributed by atoms with Gasteiger partial charge in [-0.3, -0.25) is 9.36 Å². The second kappa shape index (κ2) is 22.5. The first-order valence-electron chi connectivity index (χ1n) is 14.3. The molecule has 0 rings (SSSR count). The van der Waals surface area contributed by atoms with Crippen molar-refractivity contribution in [3.63, 3.8) is 0 Å². The van der Waals surface area contributed by atoms with E-state index in [9.17, 15) is 14.3 Å². The maximum atomic E-state index is 12.0. The van der Waals surface area contributed by atoms with Crippen molar-refractivity contribution < 1.29 is 37.3 Å². The maximum Gasteiger partial charge on any atom is 0.306 e. The number of hydrogen-bond acceptors (Lipinski definition) is 7. The van der Waals surface area contributed by atoms with Gasteiger partial charge in [0.2, 0.25) is 0 Å². The predicted molar refractivity (Wildman–Crippen MR) is 144 cm³/mol. The highest BCUT2D eigenvalue weighted by Crippen LogP contribution is 2.38. The van der Waals surface area contributed by atoms with Crippen LogP contribution >= 0.6 is 7.82 Å². The first kappa shape index (κ1) is 35.5. The van der Waals surface area contributed by atoms with Gasteiger partial charge in [0.05, 0.1) is 34.4 Å². The monoisotopic (exact) mass is 537 g/mol. The number of carbonyl (C=O) groups is 1. The van der Waals surface area contributed by atoms with Crippen LogP contribution in [0.4, 0.5) is 0 Å². The Kier molecular flexibility index (Phi) is 22.2. The summed E-state index contributed by atoms with van der Waals surface area (Å²) in [5.41, 5.74) is 0. The molecule has 0 N–H and O–H groups in total.